The highest BCUT2D eigenvalue weighted by Crippen LogP contribution is 2.76. The van der Waals surface area contributed by atoms with Gasteiger partial charge in [0.1, 0.15) is 43.2 Å². The molecule has 9 fully saturated rings. The fourth-order valence-electron chi connectivity index (χ4n) is 15.0. The molecule has 2 saturated carbocycles. The van der Waals surface area contributed by atoms with Gasteiger partial charge in [0.25, 0.3) is 0 Å². The molecule has 0 radical (unpaired) electrons. The molecule has 19 heteroatoms. The minimum absolute atomic E-state index is 0.0280. The zero-order chi connectivity index (χ0) is 48.9. The number of aliphatic hydroxyl groups excluding tert-OH is 3. The first-order chi connectivity index (χ1) is 32.9. The SMILES string of the molecule is CO[C@@H]1C(O)[C@H](O[C@@H]2C(C)O[C@@H](O[C@@H]3C(C)O[C@@H](O[C@@H]4C(C)O[C@@H](O[C@H]5CC[C@@]6(COC(C)=O)C(=CC[C@@H]7[C@@H]6CC[C@]6(C)[C@@H]8[C@H]9CO[C@]8(C)O[C@@]76O9)C5)C[C@H]4O)C[C@H]3OC)C[C@H]2OC)OC(C)[C@H]1O. The molecule has 0 aromatic heterocycles. The third-order valence-electron chi connectivity index (χ3n) is 18.2. The van der Waals surface area contributed by atoms with Crippen molar-refractivity contribution in [1.82, 2.24) is 0 Å². The minimum Gasteiger partial charge on any atom is -0.465 e. The van der Waals surface area contributed by atoms with Gasteiger partial charge in [-0.25, -0.2) is 0 Å². The van der Waals surface area contributed by atoms with Crippen LogP contribution < -0.4 is 0 Å². The van der Waals surface area contributed by atoms with Crippen molar-refractivity contribution >= 4 is 5.97 Å². The molecule has 0 aromatic carbocycles. The van der Waals surface area contributed by atoms with Gasteiger partial charge < -0.3 is 86.4 Å². The van der Waals surface area contributed by atoms with E-state index in [9.17, 15) is 20.1 Å². The molecule has 10 aliphatic rings. The highest BCUT2D eigenvalue weighted by molar-refractivity contribution is 5.66. The van der Waals surface area contributed by atoms with Gasteiger partial charge >= 0.3 is 5.97 Å². The van der Waals surface area contributed by atoms with Crippen LogP contribution in [0.5, 0.6) is 0 Å². The zero-order valence-corrected chi connectivity index (χ0v) is 41.9. The van der Waals surface area contributed by atoms with E-state index in [1.807, 2.05) is 20.8 Å². The highest BCUT2D eigenvalue weighted by Gasteiger charge is 2.83. The topological polar surface area (TPSA) is 216 Å². The molecule has 5 unspecified atom stereocenters. The van der Waals surface area contributed by atoms with E-state index < -0.39 is 116 Å². The maximum atomic E-state index is 12.4. The van der Waals surface area contributed by atoms with Gasteiger partial charge in [0, 0.05) is 64.3 Å². The van der Waals surface area contributed by atoms with Gasteiger partial charge in [0.15, 0.2) is 36.7 Å². The zero-order valence-electron chi connectivity index (χ0n) is 41.9. The molecule has 69 heavy (non-hydrogen) atoms. The Morgan fingerprint density at radius 1 is 0.725 bits per heavy atom. The summed E-state index contributed by atoms with van der Waals surface area (Å²) in [7, 11) is 4.61. The monoisotopic (exact) mass is 983 g/mol. The van der Waals surface area contributed by atoms with Crippen molar-refractivity contribution < 1.29 is 91.2 Å². The molecule has 3 N–H and O–H groups in total. The second-order valence-electron chi connectivity index (χ2n) is 22.1. The summed E-state index contributed by atoms with van der Waals surface area (Å²) < 4.78 is 94.2. The van der Waals surface area contributed by atoms with Crippen LogP contribution in [0.2, 0.25) is 0 Å². The number of rotatable bonds is 13. The Labute approximate surface area is 405 Å². The Kier molecular flexibility index (Phi) is 14.3. The van der Waals surface area contributed by atoms with Gasteiger partial charge in [-0.05, 0) is 79.1 Å². The average Bonchev–Trinajstić information content (AvgIpc) is 3.80. The smallest absolute Gasteiger partial charge is 0.302 e. The Balaban J connectivity index is 0.731. The minimum atomic E-state index is -1.23. The molecule has 10 rings (SSSR count). The van der Waals surface area contributed by atoms with E-state index in [0.717, 1.165) is 32.1 Å². The van der Waals surface area contributed by atoms with Gasteiger partial charge in [0.05, 0.1) is 67.5 Å². The van der Waals surface area contributed by atoms with Crippen molar-refractivity contribution in [2.24, 2.45) is 28.6 Å². The summed E-state index contributed by atoms with van der Waals surface area (Å²) in [5.41, 5.74) is 0.746. The van der Waals surface area contributed by atoms with E-state index in [2.05, 4.69) is 19.9 Å². The standard InChI is InChI=1S/C50H78O19/c1-23-39(53)44(57-10)40(54)46(63-23)67-43-26(4)62-38(20-34(43)56-9)66-42-25(3)61-37(19-33(42)55-8)65-41-24(2)60-36(18-32(41)52)64-29-13-16-49(22-58-27(5)51)28(17-29)11-12-31-30(49)14-15-47(6)45-35-21-59-48(45,7)69-50(31,47)68-35/h11,23-26,29-46,52-54H,12-22H2,1-10H3/t23?,24?,25?,26?,29-,30-,31+,32+,33+,34+,35+,36-,37-,38-,39+,40?,41+,42+,43+,44-,45-,46-,47+,48+,49+,50-/m0/s1. The van der Waals surface area contributed by atoms with Crippen molar-refractivity contribution in [3.8, 4) is 0 Å². The van der Waals surface area contributed by atoms with E-state index in [4.69, 9.17) is 71.1 Å². The van der Waals surface area contributed by atoms with Crippen LogP contribution in [0.4, 0.5) is 0 Å². The number of allylic oxidation sites excluding steroid dienone is 1. The maximum absolute atomic E-state index is 12.4. The van der Waals surface area contributed by atoms with Crippen LogP contribution >= 0.6 is 0 Å². The van der Waals surface area contributed by atoms with Crippen molar-refractivity contribution in [3.63, 3.8) is 0 Å². The predicted molar refractivity (Wildman–Crippen MR) is 238 cm³/mol. The molecular weight excluding hydrogens is 905 g/mol. The Morgan fingerprint density at radius 2 is 1.36 bits per heavy atom. The third-order valence-corrected chi connectivity index (χ3v) is 18.2. The highest BCUT2D eigenvalue weighted by atomic mass is 16.8. The number of fused-ring (bicyclic) bond motifs is 3. The van der Waals surface area contributed by atoms with Crippen LogP contribution in [-0.2, 0) is 75.8 Å². The number of carbonyl (C=O) groups is 1. The first-order valence-electron chi connectivity index (χ1n) is 25.6. The summed E-state index contributed by atoms with van der Waals surface area (Å²) in [5.74, 6) is -1.18. The van der Waals surface area contributed by atoms with Crippen LogP contribution in [0.3, 0.4) is 0 Å². The van der Waals surface area contributed by atoms with Crippen molar-refractivity contribution in [2.45, 2.75) is 235 Å². The molecule has 7 heterocycles. The summed E-state index contributed by atoms with van der Waals surface area (Å²) in [6, 6.07) is 0. The van der Waals surface area contributed by atoms with E-state index in [-0.39, 0.29) is 53.2 Å². The fraction of sp³-hybridized carbons (Fsp3) is 0.940. The van der Waals surface area contributed by atoms with E-state index in [0.29, 0.717) is 32.5 Å². The lowest BCUT2D eigenvalue weighted by Gasteiger charge is -2.60. The van der Waals surface area contributed by atoms with Crippen molar-refractivity contribution in [2.75, 3.05) is 34.5 Å². The first-order valence-corrected chi connectivity index (χ1v) is 25.6. The quantitative estimate of drug-likeness (QED) is 0.178. The lowest BCUT2D eigenvalue weighted by atomic mass is 9.47. The molecular formula is C50H78O19. The predicted octanol–water partition coefficient (Wildman–Crippen LogP) is 3.39. The normalized spacial score (nSPS) is 54.6. The lowest BCUT2D eigenvalue weighted by molar-refractivity contribution is -0.359. The second-order valence-corrected chi connectivity index (χ2v) is 22.1. The molecule has 19 nitrogen and oxygen atoms in total. The third kappa shape index (κ3) is 8.60. The van der Waals surface area contributed by atoms with Gasteiger partial charge in [-0.2, -0.15) is 0 Å². The van der Waals surface area contributed by atoms with Crippen LogP contribution in [0.1, 0.15) is 106 Å². The molecule has 0 aromatic rings. The van der Waals surface area contributed by atoms with E-state index in [1.165, 1.54) is 19.6 Å². The van der Waals surface area contributed by atoms with Gasteiger partial charge in [-0.15, -0.1) is 0 Å². The van der Waals surface area contributed by atoms with Crippen molar-refractivity contribution in [3.05, 3.63) is 11.6 Å². The number of aliphatic hydroxyl groups is 3. The number of hydrogen-bond acceptors (Lipinski definition) is 19. The Hall–Kier alpha value is -1.47. The van der Waals surface area contributed by atoms with Crippen LogP contribution in [0, 0.1) is 28.6 Å². The number of esters is 1. The number of carbonyl (C=O) groups excluding carboxylic acids is 1. The maximum Gasteiger partial charge on any atom is 0.302 e. The van der Waals surface area contributed by atoms with Crippen molar-refractivity contribution in [1.29, 1.82) is 0 Å². The molecule has 7 saturated heterocycles. The van der Waals surface area contributed by atoms with E-state index >= 15 is 0 Å². The molecule has 0 spiro atoms. The largest absolute Gasteiger partial charge is 0.465 e. The summed E-state index contributed by atoms with van der Waals surface area (Å²) in [6.45, 7) is 14.1. The molecule has 3 aliphatic carbocycles. The Bertz CT molecular complexity index is 1860. The Morgan fingerprint density at radius 3 is 1.99 bits per heavy atom. The van der Waals surface area contributed by atoms with Crippen LogP contribution in [-0.4, -0.2) is 184 Å². The summed E-state index contributed by atoms with van der Waals surface area (Å²) in [5, 5.41) is 32.9. The first kappa shape index (κ1) is 51.0. The number of methoxy groups -OCH3 is 3. The molecule has 0 amide bonds. The van der Waals surface area contributed by atoms with Gasteiger partial charge in [-0.1, -0.05) is 18.6 Å². The number of ether oxygens (including phenoxy) is 15. The lowest BCUT2D eigenvalue weighted by Crippen LogP contribution is -2.61. The fourth-order valence-corrected chi connectivity index (χ4v) is 15.0. The molecule has 26 atom stereocenters. The summed E-state index contributed by atoms with van der Waals surface area (Å²) in [4.78, 5) is 12.4. The average molecular weight is 983 g/mol. The molecule has 7 aliphatic heterocycles. The molecule has 2 bridgehead atoms. The summed E-state index contributed by atoms with van der Waals surface area (Å²) >= 11 is 0. The summed E-state index contributed by atoms with van der Waals surface area (Å²) in [6.07, 6.45) is -4.06. The van der Waals surface area contributed by atoms with E-state index in [1.54, 1.807) is 21.1 Å². The van der Waals surface area contributed by atoms with Crippen LogP contribution in [0.25, 0.3) is 0 Å². The van der Waals surface area contributed by atoms with Crippen LogP contribution in [0.15, 0.2) is 11.6 Å². The van der Waals surface area contributed by atoms with Gasteiger partial charge in [0.2, 0.25) is 0 Å². The molecule has 392 valence electrons. The number of hydrogen-bond donors (Lipinski definition) is 3. The second kappa shape index (κ2) is 19.3. The van der Waals surface area contributed by atoms with Gasteiger partial charge in [-0.3, -0.25) is 4.79 Å².